The van der Waals surface area contributed by atoms with Gasteiger partial charge in [0.15, 0.2) is 5.13 Å². The van der Waals surface area contributed by atoms with E-state index in [1.807, 2.05) is 33.8 Å². The Morgan fingerprint density at radius 3 is 2.30 bits per heavy atom. The number of aromatic nitrogens is 1. The highest BCUT2D eigenvalue weighted by molar-refractivity contribution is 7.22. The van der Waals surface area contributed by atoms with Crippen LogP contribution in [0, 0.1) is 12.7 Å². The van der Waals surface area contributed by atoms with Crippen molar-refractivity contribution in [2.75, 3.05) is 18.0 Å². The molecular formula is C18H29FN2OS. The van der Waals surface area contributed by atoms with E-state index in [1.54, 1.807) is 18.3 Å². The van der Waals surface area contributed by atoms with Crippen molar-refractivity contribution in [3.05, 3.63) is 23.5 Å². The number of anilines is 1. The van der Waals surface area contributed by atoms with Crippen LogP contribution >= 0.6 is 11.3 Å². The van der Waals surface area contributed by atoms with Crippen molar-refractivity contribution in [3.8, 4) is 0 Å². The molecule has 0 radical (unpaired) electrons. The first-order valence-corrected chi connectivity index (χ1v) is 8.98. The molecule has 3 saturated heterocycles. The Balaban J connectivity index is 0.000000494. The first kappa shape index (κ1) is 19.8. The van der Waals surface area contributed by atoms with Crippen LogP contribution in [0.5, 0.6) is 0 Å². The molecule has 3 fully saturated rings. The zero-order valence-electron chi connectivity index (χ0n) is 14.0. The minimum absolute atomic E-state index is 0. The normalized spacial score (nSPS) is 21.2. The van der Waals surface area contributed by atoms with E-state index < -0.39 is 0 Å². The smallest absolute Gasteiger partial charge is 0.186 e. The zero-order valence-corrected chi connectivity index (χ0v) is 14.8. The minimum atomic E-state index is -0.177. The molecule has 0 spiro atoms. The molecule has 5 rings (SSSR count). The van der Waals surface area contributed by atoms with Crippen LogP contribution in [0.15, 0.2) is 12.1 Å². The van der Waals surface area contributed by atoms with Crippen LogP contribution in [0.1, 0.15) is 47.1 Å². The molecule has 130 valence electrons. The average Bonchev–Trinajstić information content (AvgIpc) is 3.00. The van der Waals surface area contributed by atoms with E-state index in [0.717, 1.165) is 28.4 Å². The van der Waals surface area contributed by atoms with Gasteiger partial charge in [-0.05, 0) is 19.1 Å². The Hall–Kier alpha value is -1.20. The number of morpholine rings is 1. The average molecular weight is 341 g/mol. The largest absolute Gasteiger partial charge is 0.371 e. The number of hydrogen-bond donors (Lipinski definition) is 0. The van der Waals surface area contributed by atoms with Crippen molar-refractivity contribution in [2.45, 2.75) is 60.7 Å². The van der Waals surface area contributed by atoms with E-state index in [1.165, 1.54) is 12.5 Å². The van der Waals surface area contributed by atoms with E-state index >= 15 is 0 Å². The van der Waals surface area contributed by atoms with Crippen LogP contribution in [-0.2, 0) is 4.74 Å². The molecule has 0 amide bonds. The van der Waals surface area contributed by atoms with Crippen LogP contribution in [0.2, 0.25) is 0 Å². The van der Waals surface area contributed by atoms with Crippen molar-refractivity contribution in [1.29, 1.82) is 0 Å². The number of aryl methyl sites for hydroxylation is 1. The third-order valence-electron chi connectivity index (χ3n) is 3.77. The van der Waals surface area contributed by atoms with Gasteiger partial charge in [0.25, 0.3) is 0 Å². The lowest BCUT2D eigenvalue weighted by molar-refractivity contribution is -0.133. The zero-order chi connectivity index (χ0) is 16.3. The number of hydrogen-bond acceptors (Lipinski definition) is 4. The van der Waals surface area contributed by atoms with Crippen LogP contribution < -0.4 is 4.90 Å². The van der Waals surface area contributed by atoms with Gasteiger partial charge in [0, 0.05) is 25.1 Å². The molecular weight excluding hydrogens is 311 g/mol. The molecule has 0 aliphatic carbocycles. The molecule has 2 bridgehead atoms. The number of thiazole rings is 1. The lowest BCUT2D eigenvalue weighted by atomic mass is 9.99. The number of piperidine rings is 1. The van der Waals surface area contributed by atoms with Gasteiger partial charge in [-0.1, -0.05) is 46.5 Å². The maximum atomic E-state index is 13.5. The van der Waals surface area contributed by atoms with E-state index in [-0.39, 0.29) is 13.2 Å². The van der Waals surface area contributed by atoms with Gasteiger partial charge in [-0.3, -0.25) is 0 Å². The summed E-state index contributed by atoms with van der Waals surface area (Å²) >= 11 is 1.64. The van der Waals surface area contributed by atoms with Gasteiger partial charge >= 0.3 is 0 Å². The van der Waals surface area contributed by atoms with Gasteiger partial charge < -0.3 is 9.64 Å². The fourth-order valence-electron chi connectivity index (χ4n) is 2.74. The number of rotatable bonds is 1. The standard InChI is InChI=1S/C13H13FN2OS.2C2H6.CH4/c1-7-10(14)2-3-11-12(7)15-13(18-11)16-5-8-4-9(6-16)17-8;2*1-2;/h2-3,8-9H,4-6H2,1H3;2*1-2H3;1H4. The second-order valence-corrected chi connectivity index (χ2v) is 6.05. The maximum absolute atomic E-state index is 13.5. The molecule has 0 saturated carbocycles. The summed E-state index contributed by atoms with van der Waals surface area (Å²) in [5.74, 6) is -0.177. The van der Waals surface area contributed by atoms with Gasteiger partial charge in [0.1, 0.15) is 5.82 Å². The molecule has 2 unspecified atom stereocenters. The molecule has 2 atom stereocenters. The minimum Gasteiger partial charge on any atom is -0.371 e. The number of benzene rings is 1. The molecule has 2 aromatic rings. The van der Waals surface area contributed by atoms with Crippen LogP contribution in [-0.4, -0.2) is 30.3 Å². The van der Waals surface area contributed by atoms with Crippen molar-refractivity contribution in [1.82, 2.24) is 4.98 Å². The SMILES string of the molecule is C.CC.CC.Cc1c(F)ccc2sc(N3CC4CC(C3)O4)nc12. The maximum Gasteiger partial charge on any atom is 0.186 e. The van der Waals surface area contributed by atoms with Crippen molar-refractivity contribution >= 4 is 26.7 Å². The summed E-state index contributed by atoms with van der Waals surface area (Å²) in [5.41, 5.74) is 1.45. The summed E-state index contributed by atoms with van der Waals surface area (Å²) in [5, 5.41) is 0.997. The van der Waals surface area contributed by atoms with Gasteiger partial charge in [-0.2, -0.15) is 0 Å². The van der Waals surface area contributed by atoms with Crippen molar-refractivity contribution in [3.63, 3.8) is 0 Å². The highest BCUT2D eigenvalue weighted by Gasteiger charge is 2.39. The summed E-state index contributed by atoms with van der Waals surface area (Å²) < 4.78 is 20.2. The number of nitrogens with zero attached hydrogens (tertiary/aromatic N) is 2. The molecule has 3 aliphatic heterocycles. The van der Waals surface area contributed by atoms with E-state index in [2.05, 4.69) is 9.88 Å². The molecule has 1 aromatic carbocycles. The Labute approximate surface area is 143 Å². The molecule has 23 heavy (non-hydrogen) atoms. The first-order valence-electron chi connectivity index (χ1n) is 8.17. The van der Waals surface area contributed by atoms with E-state index in [9.17, 15) is 4.39 Å². The molecule has 3 aliphatic rings. The van der Waals surface area contributed by atoms with Crippen molar-refractivity contribution < 1.29 is 9.13 Å². The highest BCUT2D eigenvalue weighted by atomic mass is 32.1. The first-order chi connectivity index (χ1) is 10.7. The number of halogens is 1. The summed E-state index contributed by atoms with van der Waals surface area (Å²) in [6, 6.07) is 3.34. The topological polar surface area (TPSA) is 25.4 Å². The second kappa shape index (κ2) is 8.60. The fraction of sp³-hybridized carbons (Fsp3) is 0.611. The molecule has 5 heteroatoms. The molecule has 3 nitrogen and oxygen atoms in total. The number of fused-ring (bicyclic) bond motifs is 3. The Morgan fingerprint density at radius 2 is 1.74 bits per heavy atom. The van der Waals surface area contributed by atoms with Crippen LogP contribution in [0.25, 0.3) is 10.2 Å². The third kappa shape index (κ3) is 3.83. The van der Waals surface area contributed by atoms with Crippen molar-refractivity contribution in [2.24, 2.45) is 0 Å². The van der Waals surface area contributed by atoms with E-state index in [0.29, 0.717) is 17.8 Å². The molecule has 0 N–H and O–H groups in total. The summed E-state index contributed by atoms with van der Waals surface area (Å²) in [7, 11) is 0. The van der Waals surface area contributed by atoms with Gasteiger partial charge in [-0.25, -0.2) is 9.37 Å². The second-order valence-electron chi connectivity index (χ2n) is 5.04. The molecule has 4 heterocycles. The lowest BCUT2D eigenvalue weighted by Crippen LogP contribution is -2.57. The fourth-order valence-corrected chi connectivity index (χ4v) is 3.78. The predicted octanol–water partition coefficient (Wildman–Crippen LogP) is 5.41. The lowest BCUT2D eigenvalue weighted by Gasteiger charge is -2.46. The molecule has 1 aromatic heterocycles. The van der Waals surface area contributed by atoms with Crippen LogP contribution in [0.4, 0.5) is 9.52 Å². The summed E-state index contributed by atoms with van der Waals surface area (Å²) in [4.78, 5) is 6.87. The number of ether oxygens (including phenoxy) is 1. The summed E-state index contributed by atoms with van der Waals surface area (Å²) in [6.45, 7) is 11.6. The Morgan fingerprint density at radius 1 is 1.17 bits per heavy atom. The van der Waals surface area contributed by atoms with Gasteiger partial charge in [-0.15, -0.1) is 0 Å². The predicted molar refractivity (Wildman–Crippen MR) is 99.2 cm³/mol. The quantitative estimate of drug-likeness (QED) is 0.694. The highest BCUT2D eigenvalue weighted by Crippen LogP contribution is 2.36. The third-order valence-corrected chi connectivity index (χ3v) is 4.85. The summed E-state index contributed by atoms with van der Waals surface area (Å²) in [6.07, 6.45) is 1.91. The Bertz CT molecular complexity index is 613. The van der Waals surface area contributed by atoms with E-state index in [4.69, 9.17) is 4.74 Å². The van der Waals surface area contributed by atoms with Gasteiger partial charge in [0.05, 0.1) is 22.4 Å². The van der Waals surface area contributed by atoms with Crippen LogP contribution in [0.3, 0.4) is 0 Å². The van der Waals surface area contributed by atoms with Gasteiger partial charge in [0.2, 0.25) is 0 Å². The Kier molecular flexibility index (Phi) is 7.42. The monoisotopic (exact) mass is 340 g/mol.